The van der Waals surface area contributed by atoms with Gasteiger partial charge in [-0.15, -0.1) is 16.8 Å². The van der Waals surface area contributed by atoms with Crippen molar-refractivity contribution in [3.63, 3.8) is 0 Å². The predicted octanol–water partition coefficient (Wildman–Crippen LogP) is 3.20. The highest BCUT2D eigenvalue weighted by molar-refractivity contribution is 7.98. The maximum atomic E-state index is 12.8. The molecule has 0 spiro atoms. The molecule has 0 saturated heterocycles. The average Bonchev–Trinajstić information content (AvgIpc) is 3.30. The van der Waals surface area contributed by atoms with Gasteiger partial charge >= 0.3 is 0 Å². The molecule has 1 aromatic carbocycles. The minimum absolute atomic E-state index is 0.111. The SMILES string of the molecule is C=CCn1c(=O)c2ccccc2n2c(SCc3noc(C(C)(C)C)n3)nnc12. The van der Waals surface area contributed by atoms with Crippen molar-refractivity contribution < 1.29 is 4.52 Å². The molecule has 28 heavy (non-hydrogen) atoms. The Kier molecular flexibility index (Phi) is 4.54. The van der Waals surface area contributed by atoms with E-state index in [4.69, 9.17) is 4.52 Å². The lowest BCUT2D eigenvalue weighted by atomic mass is 9.97. The molecule has 0 aliphatic heterocycles. The van der Waals surface area contributed by atoms with Gasteiger partial charge in [-0.2, -0.15) is 4.98 Å². The van der Waals surface area contributed by atoms with E-state index in [0.717, 1.165) is 5.52 Å². The molecule has 3 heterocycles. The van der Waals surface area contributed by atoms with Crippen molar-refractivity contribution in [2.24, 2.45) is 0 Å². The molecule has 0 amide bonds. The largest absolute Gasteiger partial charge is 0.339 e. The van der Waals surface area contributed by atoms with Crippen molar-refractivity contribution in [1.82, 2.24) is 29.3 Å². The highest BCUT2D eigenvalue weighted by Crippen LogP contribution is 2.25. The van der Waals surface area contributed by atoms with E-state index >= 15 is 0 Å². The Bertz CT molecular complexity index is 1230. The highest BCUT2D eigenvalue weighted by atomic mass is 32.2. The summed E-state index contributed by atoms with van der Waals surface area (Å²) in [4.78, 5) is 17.3. The normalized spacial score (nSPS) is 12.1. The fourth-order valence-electron chi connectivity index (χ4n) is 2.87. The van der Waals surface area contributed by atoms with E-state index in [0.29, 0.717) is 40.3 Å². The number of benzene rings is 1. The van der Waals surface area contributed by atoms with Crippen LogP contribution in [0, 0.1) is 0 Å². The number of rotatable bonds is 5. The summed E-state index contributed by atoms with van der Waals surface area (Å²) < 4.78 is 8.80. The lowest BCUT2D eigenvalue weighted by molar-refractivity contribution is 0.319. The third-order valence-corrected chi connectivity index (χ3v) is 5.15. The van der Waals surface area contributed by atoms with E-state index in [-0.39, 0.29) is 11.0 Å². The van der Waals surface area contributed by atoms with Crippen molar-refractivity contribution in [3.05, 3.63) is 59.0 Å². The van der Waals surface area contributed by atoms with Crippen LogP contribution in [-0.4, -0.2) is 29.3 Å². The van der Waals surface area contributed by atoms with Gasteiger partial charge in [0.15, 0.2) is 11.0 Å². The monoisotopic (exact) mass is 396 g/mol. The number of allylic oxidation sites excluding steroid dienone is 1. The molecule has 0 aliphatic carbocycles. The summed E-state index contributed by atoms with van der Waals surface area (Å²) in [6.07, 6.45) is 1.67. The van der Waals surface area contributed by atoms with Crippen LogP contribution in [0.15, 0.2) is 51.4 Å². The fourth-order valence-corrected chi connectivity index (χ4v) is 3.65. The molecule has 0 atom stereocenters. The number of thioether (sulfide) groups is 1. The summed E-state index contributed by atoms with van der Waals surface area (Å²) in [6, 6.07) is 7.43. The topological polar surface area (TPSA) is 91.1 Å². The number of fused-ring (bicyclic) bond motifs is 3. The molecule has 0 unspecified atom stereocenters. The van der Waals surface area contributed by atoms with E-state index in [1.165, 1.54) is 11.8 Å². The predicted molar refractivity (Wildman–Crippen MR) is 108 cm³/mol. The van der Waals surface area contributed by atoms with E-state index in [1.54, 1.807) is 16.7 Å². The zero-order valence-corrected chi connectivity index (χ0v) is 16.7. The first-order valence-electron chi connectivity index (χ1n) is 8.83. The molecule has 0 aliphatic rings. The Labute approximate surface area is 165 Å². The molecule has 0 bridgehead atoms. The first-order chi connectivity index (χ1) is 13.4. The van der Waals surface area contributed by atoms with Crippen LogP contribution < -0.4 is 5.56 Å². The zero-order chi connectivity index (χ0) is 19.9. The lowest BCUT2D eigenvalue weighted by Gasteiger charge is -2.10. The number of aromatic nitrogens is 6. The van der Waals surface area contributed by atoms with Crippen LogP contribution in [0.1, 0.15) is 32.5 Å². The minimum atomic E-state index is -0.200. The van der Waals surface area contributed by atoms with Gasteiger partial charge in [0.25, 0.3) is 5.56 Å². The quantitative estimate of drug-likeness (QED) is 0.378. The van der Waals surface area contributed by atoms with Gasteiger partial charge in [-0.1, -0.05) is 55.9 Å². The molecule has 0 radical (unpaired) electrons. The number of nitrogens with zero attached hydrogens (tertiary/aromatic N) is 6. The van der Waals surface area contributed by atoms with Crippen molar-refractivity contribution in [3.8, 4) is 0 Å². The van der Waals surface area contributed by atoms with Crippen LogP contribution in [0.5, 0.6) is 0 Å². The second-order valence-corrected chi connectivity index (χ2v) is 8.34. The highest BCUT2D eigenvalue weighted by Gasteiger charge is 2.22. The molecule has 0 saturated carbocycles. The van der Waals surface area contributed by atoms with Crippen LogP contribution in [0.2, 0.25) is 0 Å². The van der Waals surface area contributed by atoms with Gasteiger partial charge in [0.1, 0.15) is 0 Å². The molecular weight excluding hydrogens is 376 g/mol. The molecule has 9 heteroatoms. The summed E-state index contributed by atoms with van der Waals surface area (Å²) in [7, 11) is 0. The van der Waals surface area contributed by atoms with E-state index in [1.807, 2.05) is 43.4 Å². The van der Waals surface area contributed by atoms with Gasteiger partial charge in [0, 0.05) is 12.0 Å². The minimum Gasteiger partial charge on any atom is -0.339 e. The van der Waals surface area contributed by atoms with Gasteiger partial charge < -0.3 is 4.52 Å². The smallest absolute Gasteiger partial charge is 0.263 e. The Morgan fingerprint density at radius 1 is 1.25 bits per heavy atom. The number of hydrogen-bond donors (Lipinski definition) is 0. The van der Waals surface area contributed by atoms with Gasteiger partial charge in [-0.25, -0.2) is 0 Å². The third-order valence-electron chi connectivity index (χ3n) is 4.23. The summed E-state index contributed by atoms with van der Waals surface area (Å²) >= 11 is 1.44. The van der Waals surface area contributed by atoms with Crippen molar-refractivity contribution in [1.29, 1.82) is 0 Å². The molecule has 3 aromatic heterocycles. The first kappa shape index (κ1) is 18.4. The van der Waals surface area contributed by atoms with E-state index in [9.17, 15) is 4.79 Å². The first-order valence-corrected chi connectivity index (χ1v) is 9.82. The van der Waals surface area contributed by atoms with Crippen molar-refractivity contribution in [2.45, 2.75) is 43.6 Å². The molecule has 8 nitrogen and oxygen atoms in total. The Morgan fingerprint density at radius 3 is 2.75 bits per heavy atom. The Balaban J connectivity index is 1.77. The number of hydrogen-bond acceptors (Lipinski definition) is 7. The molecule has 0 N–H and O–H groups in total. The maximum Gasteiger partial charge on any atom is 0.263 e. The zero-order valence-electron chi connectivity index (χ0n) is 15.9. The van der Waals surface area contributed by atoms with Gasteiger partial charge in [-0.3, -0.25) is 13.8 Å². The van der Waals surface area contributed by atoms with Crippen molar-refractivity contribution in [2.75, 3.05) is 0 Å². The summed E-state index contributed by atoms with van der Waals surface area (Å²) in [6.45, 7) is 10.2. The maximum absolute atomic E-state index is 12.8. The van der Waals surface area contributed by atoms with Crippen LogP contribution in [0.4, 0.5) is 0 Å². The lowest BCUT2D eigenvalue weighted by Crippen LogP contribution is -2.22. The molecule has 144 valence electrons. The molecular formula is C19H20N6O2S. The third kappa shape index (κ3) is 3.11. The van der Waals surface area contributed by atoms with Crippen LogP contribution >= 0.6 is 11.8 Å². The molecule has 4 aromatic rings. The van der Waals surface area contributed by atoms with Crippen LogP contribution in [0.25, 0.3) is 16.7 Å². The van der Waals surface area contributed by atoms with E-state index < -0.39 is 0 Å². The fraction of sp³-hybridized carbons (Fsp3) is 0.316. The van der Waals surface area contributed by atoms with E-state index in [2.05, 4.69) is 26.9 Å². The number of para-hydroxylation sites is 1. The van der Waals surface area contributed by atoms with Crippen molar-refractivity contribution >= 4 is 28.4 Å². The summed E-state index contributed by atoms with van der Waals surface area (Å²) in [5, 5.41) is 13.9. The van der Waals surface area contributed by atoms with Gasteiger partial charge in [0.05, 0.1) is 16.7 Å². The van der Waals surface area contributed by atoms with Gasteiger partial charge in [-0.05, 0) is 12.1 Å². The summed E-state index contributed by atoms with van der Waals surface area (Å²) in [5.74, 6) is 2.15. The standard InChI is InChI=1S/C19H20N6O2S/c1-5-10-24-15(26)12-8-6-7-9-13(12)25-17(24)21-22-18(25)28-11-14-20-16(27-23-14)19(2,3)4/h5-9H,1,10-11H2,2-4H3. The second kappa shape index (κ2) is 6.90. The van der Waals surface area contributed by atoms with Crippen LogP contribution in [0.3, 0.4) is 0 Å². The summed E-state index contributed by atoms with van der Waals surface area (Å²) in [5.41, 5.74) is 0.452. The molecule has 0 fully saturated rings. The second-order valence-electron chi connectivity index (χ2n) is 7.39. The Morgan fingerprint density at radius 2 is 2.04 bits per heavy atom. The van der Waals surface area contributed by atoms with Crippen LogP contribution in [-0.2, 0) is 17.7 Å². The Hall–Kier alpha value is -2.94. The average molecular weight is 396 g/mol. The molecule has 4 rings (SSSR count). The van der Waals surface area contributed by atoms with Gasteiger partial charge in [0.2, 0.25) is 11.7 Å².